The average Bonchev–Trinajstić information content (AvgIpc) is 3.95. The summed E-state index contributed by atoms with van der Waals surface area (Å²) in [5, 5.41) is 8.57. The Morgan fingerprint density at radius 3 is 2.40 bits per heavy atom. The fraction of sp³-hybridized carbons (Fsp3) is 0.583. The Labute approximate surface area is 278 Å². The van der Waals surface area contributed by atoms with Crippen molar-refractivity contribution in [2.75, 3.05) is 0 Å². The zero-order valence-electron chi connectivity index (χ0n) is 26.3. The van der Waals surface area contributed by atoms with Crippen LogP contribution in [0.15, 0.2) is 41.1 Å². The summed E-state index contributed by atoms with van der Waals surface area (Å²) in [6.45, 7) is 0. The first-order chi connectivity index (χ1) is 23.0. The molecule has 0 spiro atoms. The standard InChI is InChI=1S/C36H35F4N5O2S/c37-25-17-32(29-44-31(47-45-29)35(10-11-35)36(38,39)40)6-8-34(25,9-7-32)26(42-30(46)33-14-19(15-33)16-33)22-3-1-2-21(12-22)23-13-24-27(41-18-23)43-28(48-24)20-4-5-20/h1-3,12-13,18-20,25-26H,4-11,14-17H2,(H,42,46). The Bertz CT molecular complexity index is 1950. The van der Waals surface area contributed by atoms with Gasteiger partial charge in [0.25, 0.3) is 0 Å². The van der Waals surface area contributed by atoms with Crippen LogP contribution >= 0.6 is 11.3 Å². The number of alkyl halides is 4. The van der Waals surface area contributed by atoms with Crippen molar-refractivity contribution in [3.8, 4) is 11.1 Å². The second-order valence-corrected chi connectivity index (χ2v) is 16.9. The molecule has 2 atom stereocenters. The number of thiazole rings is 1. The molecule has 8 aliphatic carbocycles. The highest BCUT2D eigenvalue weighted by atomic mass is 32.1. The van der Waals surface area contributed by atoms with E-state index in [1.165, 1.54) is 12.8 Å². The quantitative estimate of drug-likeness (QED) is 0.188. The predicted octanol–water partition coefficient (Wildman–Crippen LogP) is 8.41. The van der Waals surface area contributed by atoms with Gasteiger partial charge < -0.3 is 9.84 Å². The monoisotopic (exact) mass is 677 g/mol. The van der Waals surface area contributed by atoms with Gasteiger partial charge in [0.2, 0.25) is 11.8 Å². The van der Waals surface area contributed by atoms with E-state index in [1.54, 1.807) is 11.3 Å². The SMILES string of the molecule is O=C(NC(c1cccc(-c2cnc3nc(C4CC4)sc3c2)c1)C12CCC(c3noc(C4(C(F)(F)F)CC4)n3)(CC1)CC2F)C12CC(C1)C2. The van der Waals surface area contributed by atoms with Crippen molar-refractivity contribution in [3.63, 3.8) is 0 Å². The Morgan fingerprint density at radius 1 is 0.979 bits per heavy atom. The van der Waals surface area contributed by atoms with Gasteiger partial charge >= 0.3 is 6.18 Å². The highest BCUT2D eigenvalue weighted by molar-refractivity contribution is 7.18. The van der Waals surface area contributed by atoms with Crippen molar-refractivity contribution >= 4 is 27.6 Å². The molecule has 1 N–H and O–H groups in total. The molecule has 1 amide bonds. The molecular weight excluding hydrogens is 642 g/mol. The largest absolute Gasteiger partial charge is 0.403 e. The number of rotatable bonds is 8. The third-order valence-electron chi connectivity index (χ3n) is 13.0. The van der Waals surface area contributed by atoms with Crippen LogP contribution in [0.1, 0.15) is 111 Å². The van der Waals surface area contributed by atoms with E-state index in [0.717, 1.165) is 51.3 Å². The number of carbonyl (C=O) groups is 1. The summed E-state index contributed by atoms with van der Waals surface area (Å²) in [5.41, 5.74) is -0.557. The number of carbonyl (C=O) groups excluding carboxylic acids is 1. The summed E-state index contributed by atoms with van der Waals surface area (Å²) < 4.78 is 64.6. The fourth-order valence-electron chi connectivity index (χ4n) is 9.42. The maximum Gasteiger partial charge on any atom is 0.403 e. The van der Waals surface area contributed by atoms with Crippen molar-refractivity contribution in [2.24, 2.45) is 16.7 Å². The van der Waals surface area contributed by atoms with Crippen LogP contribution in [0.5, 0.6) is 0 Å². The first-order valence-electron chi connectivity index (χ1n) is 17.2. The molecule has 48 heavy (non-hydrogen) atoms. The average molecular weight is 678 g/mol. The second-order valence-electron chi connectivity index (χ2n) is 15.9. The molecule has 4 bridgehead atoms. The lowest BCUT2D eigenvalue weighted by Gasteiger charge is -2.61. The van der Waals surface area contributed by atoms with Crippen molar-refractivity contribution < 1.29 is 26.9 Å². The van der Waals surface area contributed by atoms with E-state index in [4.69, 9.17) is 9.51 Å². The zero-order valence-corrected chi connectivity index (χ0v) is 27.1. The van der Waals surface area contributed by atoms with Gasteiger partial charge in [0.05, 0.1) is 15.7 Å². The molecule has 7 nitrogen and oxygen atoms in total. The molecule has 0 aliphatic heterocycles. The lowest BCUT2D eigenvalue weighted by molar-refractivity contribution is -0.169. The molecule has 2 unspecified atom stereocenters. The minimum absolute atomic E-state index is 0.00873. The number of hydrogen-bond donors (Lipinski definition) is 1. The van der Waals surface area contributed by atoms with E-state index in [1.807, 2.05) is 24.4 Å². The number of amides is 1. The second kappa shape index (κ2) is 9.63. The summed E-state index contributed by atoms with van der Waals surface area (Å²) in [6.07, 6.45) is 2.95. The van der Waals surface area contributed by atoms with Gasteiger partial charge in [-0.05, 0) is 106 Å². The van der Waals surface area contributed by atoms with Crippen molar-refractivity contribution in [3.05, 3.63) is 58.8 Å². The van der Waals surface area contributed by atoms with E-state index < -0.39 is 40.5 Å². The molecule has 4 aromatic rings. The van der Waals surface area contributed by atoms with E-state index in [9.17, 15) is 18.0 Å². The molecule has 3 heterocycles. The number of hydrogen-bond acceptors (Lipinski definition) is 7. The molecule has 0 radical (unpaired) electrons. The normalized spacial score (nSPS) is 33.6. The number of fused-ring (bicyclic) bond motifs is 4. The molecule has 250 valence electrons. The van der Waals surface area contributed by atoms with Crippen LogP contribution in [0.2, 0.25) is 0 Å². The Kier molecular flexibility index (Phi) is 5.92. The lowest BCUT2D eigenvalue weighted by Crippen LogP contribution is -2.63. The van der Waals surface area contributed by atoms with Crippen molar-refractivity contribution in [1.29, 1.82) is 0 Å². The molecule has 1 aromatic carbocycles. The van der Waals surface area contributed by atoms with Crippen molar-refractivity contribution in [2.45, 2.75) is 112 Å². The van der Waals surface area contributed by atoms with E-state index >= 15 is 4.39 Å². The predicted molar refractivity (Wildman–Crippen MR) is 169 cm³/mol. The minimum Gasteiger partial charge on any atom is -0.348 e. The Balaban J connectivity index is 0.976. The third kappa shape index (κ3) is 4.13. The Morgan fingerprint density at radius 2 is 1.75 bits per heavy atom. The van der Waals surface area contributed by atoms with Crippen LogP contribution in [0.4, 0.5) is 17.6 Å². The van der Waals surface area contributed by atoms with Gasteiger partial charge in [-0.25, -0.2) is 14.4 Å². The van der Waals surface area contributed by atoms with Gasteiger partial charge in [-0.3, -0.25) is 4.79 Å². The molecule has 12 rings (SSSR count). The number of halogens is 4. The van der Waals surface area contributed by atoms with Gasteiger partial charge in [-0.2, -0.15) is 18.2 Å². The third-order valence-corrected chi connectivity index (χ3v) is 14.2. The summed E-state index contributed by atoms with van der Waals surface area (Å²) >= 11 is 1.70. The van der Waals surface area contributed by atoms with Crippen LogP contribution in [0.25, 0.3) is 21.5 Å². The molecule has 8 aliphatic rings. The number of pyridine rings is 1. The lowest BCUT2D eigenvalue weighted by atomic mass is 9.44. The van der Waals surface area contributed by atoms with Gasteiger partial charge in [-0.15, -0.1) is 11.3 Å². The van der Waals surface area contributed by atoms with Gasteiger partial charge in [0.1, 0.15) is 11.6 Å². The van der Waals surface area contributed by atoms with Crippen LogP contribution in [0, 0.1) is 16.7 Å². The van der Waals surface area contributed by atoms with Crippen LogP contribution in [-0.4, -0.2) is 38.4 Å². The van der Waals surface area contributed by atoms with Gasteiger partial charge in [0.15, 0.2) is 11.5 Å². The first-order valence-corrected chi connectivity index (χ1v) is 18.1. The zero-order chi connectivity index (χ0) is 32.7. The molecule has 3 aromatic heterocycles. The van der Waals surface area contributed by atoms with Crippen LogP contribution in [-0.2, 0) is 15.6 Å². The molecular formula is C36H35F4N5O2S. The summed E-state index contributed by atoms with van der Waals surface area (Å²) in [7, 11) is 0. The first kappa shape index (κ1) is 29.5. The highest BCUT2D eigenvalue weighted by Crippen LogP contribution is 2.66. The summed E-state index contributed by atoms with van der Waals surface area (Å²) in [4.78, 5) is 27.5. The Hall–Kier alpha value is -3.41. The smallest absolute Gasteiger partial charge is 0.348 e. The number of benzene rings is 1. The number of nitrogens with zero attached hydrogens (tertiary/aromatic N) is 4. The maximum absolute atomic E-state index is 16.9. The topological polar surface area (TPSA) is 93.8 Å². The fourth-order valence-corrected chi connectivity index (χ4v) is 10.6. The van der Waals surface area contributed by atoms with Gasteiger partial charge in [-0.1, -0.05) is 23.4 Å². The summed E-state index contributed by atoms with van der Waals surface area (Å²) in [6, 6.07) is 9.59. The summed E-state index contributed by atoms with van der Waals surface area (Å²) in [5.74, 6) is 0.977. The highest BCUT2D eigenvalue weighted by Gasteiger charge is 2.69. The molecule has 8 saturated carbocycles. The van der Waals surface area contributed by atoms with Crippen molar-refractivity contribution in [1.82, 2.24) is 25.4 Å². The minimum atomic E-state index is -4.46. The molecule has 8 fully saturated rings. The number of aromatic nitrogens is 4. The molecule has 0 saturated heterocycles. The number of nitrogens with one attached hydrogen (secondary N) is 1. The van der Waals surface area contributed by atoms with E-state index in [-0.39, 0.29) is 36.4 Å². The van der Waals surface area contributed by atoms with E-state index in [0.29, 0.717) is 37.5 Å². The van der Waals surface area contributed by atoms with Gasteiger partial charge in [0, 0.05) is 33.9 Å². The van der Waals surface area contributed by atoms with Crippen LogP contribution < -0.4 is 5.32 Å². The van der Waals surface area contributed by atoms with E-state index in [2.05, 4.69) is 32.6 Å². The molecule has 12 heteroatoms. The maximum atomic E-state index is 16.9. The van der Waals surface area contributed by atoms with Crippen LogP contribution in [0.3, 0.4) is 0 Å².